The van der Waals surface area contributed by atoms with E-state index in [1.807, 2.05) is 0 Å². The standard InChI is InChI=1S/C14H32N2/c1-6-14(4)12-16(5)11-9-7-8-10-15-13(2)3/h13-15H,6-12H2,1-5H3. The molecule has 1 unspecified atom stereocenters. The Hall–Kier alpha value is -0.0800. The van der Waals surface area contributed by atoms with E-state index < -0.39 is 0 Å². The maximum absolute atomic E-state index is 3.46. The van der Waals surface area contributed by atoms with Crippen molar-refractivity contribution in [2.45, 2.75) is 59.4 Å². The Balaban J connectivity index is 3.24. The van der Waals surface area contributed by atoms with Gasteiger partial charge in [0.1, 0.15) is 0 Å². The average molecular weight is 228 g/mol. The zero-order valence-corrected chi connectivity index (χ0v) is 12.1. The van der Waals surface area contributed by atoms with Gasteiger partial charge in [-0.3, -0.25) is 0 Å². The molecule has 0 amide bonds. The lowest BCUT2D eigenvalue weighted by Crippen LogP contribution is -2.26. The lowest BCUT2D eigenvalue weighted by molar-refractivity contribution is 0.276. The molecule has 0 aliphatic rings. The zero-order valence-electron chi connectivity index (χ0n) is 12.1. The predicted molar refractivity (Wildman–Crippen MR) is 73.9 cm³/mol. The van der Waals surface area contributed by atoms with Crippen LogP contribution in [0.1, 0.15) is 53.4 Å². The van der Waals surface area contributed by atoms with Crippen molar-refractivity contribution in [1.29, 1.82) is 0 Å². The maximum Gasteiger partial charge on any atom is 0.00103 e. The number of nitrogens with one attached hydrogen (secondary N) is 1. The van der Waals surface area contributed by atoms with Crippen LogP contribution in [0.15, 0.2) is 0 Å². The van der Waals surface area contributed by atoms with E-state index in [-0.39, 0.29) is 0 Å². The first-order valence-corrected chi connectivity index (χ1v) is 6.98. The molecular weight excluding hydrogens is 196 g/mol. The molecule has 2 nitrogen and oxygen atoms in total. The van der Waals surface area contributed by atoms with Crippen LogP contribution >= 0.6 is 0 Å². The molecule has 0 rings (SSSR count). The third kappa shape index (κ3) is 10.4. The number of hydrogen-bond donors (Lipinski definition) is 1. The summed E-state index contributed by atoms with van der Waals surface area (Å²) in [4.78, 5) is 2.48. The number of hydrogen-bond acceptors (Lipinski definition) is 2. The van der Waals surface area contributed by atoms with Crippen LogP contribution in [0.25, 0.3) is 0 Å². The van der Waals surface area contributed by atoms with Crippen molar-refractivity contribution in [2.75, 3.05) is 26.7 Å². The van der Waals surface area contributed by atoms with Crippen molar-refractivity contribution in [3.63, 3.8) is 0 Å². The SMILES string of the molecule is CCC(C)CN(C)CCCCCNC(C)C. The van der Waals surface area contributed by atoms with Gasteiger partial charge >= 0.3 is 0 Å². The molecule has 1 N–H and O–H groups in total. The van der Waals surface area contributed by atoms with Crippen molar-refractivity contribution in [2.24, 2.45) is 5.92 Å². The van der Waals surface area contributed by atoms with Crippen molar-refractivity contribution in [3.05, 3.63) is 0 Å². The zero-order chi connectivity index (χ0) is 12.4. The molecule has 0 saturated carbocycles. The second-order valence-electron chi connectivity index (χ2n) is 5.45. The Morgan fingerprint density at radius 2 is 1.75 bits per heavy atom. The molecule has 2 heteroatoms. The molecule has 0 aromatic heterocycles. The van der Waals surface area contributed by atoms with Crippen molar-refractivity contribution >= 4 is 0 Å². The second kappa shape index (κ2) is 10.1. The fourth-order valence-corrected chi connectivity index (χ4v) is 1.83. The van der Waals surface area contributed by atoms with Crippen LogP contribution in [0.5, 0.6) is 0 Å². The van der Waals surface area contributed by atoms with Gasteiger partial charge in [0.25, 0.3) is 0 Å². The summed E-state index contributed by atoms with van der Waals surface area (Å²) in [5.74, 6) is 0.840. The Morgan fingerprint density at radius 3 is 2.31 bits per heavy atom. The largest absolute Gasteiger partial charge is 0.315 e. The van der Waals surface area contributed by atoms with Gasteiger partial charge in [-0.2, -0.15) is 0 Å². The number of rotatable bonds is 10. The Kier molecular flexibility index (Phi) is 10.0. The van der Waals surface area contributed by atoms with Gasteiger partial charge in [0, 0.05) is 12.6 Å². The molecule has 1 atom stereocenters. The van der Waals surface area contributed by atoms with Gasteiger partial charge in [-0.1, -0.05) is 40.5 Å². The van der Waals surface area contributed by atoms with Crippen LogP contribution < -0.4 is 5.32 Å². The summed E-state index contributed by atoms with van der Waals surface area (Å²) in [5, 5.41) is 3.46. The molecule has 0 aromatic carbocycles. The number of nitrogens with zero attached hydrogens (tertiary/aromatic N) is 1. The minimum Gasteiger partial charge on any atom is -0.315 e. The average Bonchev–Trinajstić information content (AvgIpc) is 2.22. The van der Waals surface area contributed by atoms with Gasteiger partial charge in [-0.05, 0) is 38.9 Å². The highest BCUT2D eigenvalue weighted by atomic mass is 15.1. The lowest BCUT2D eigenvalue weighted by Gasteiger charge is -2.20. The smallest absolute Gasteiger partial charge is 0.00103 e. The Labute approximate surface area is 103 Å². The normalized spacial score (nSPS) is 13.7. The van der Waals surface area contributed by atoms with E-state index in [4.69, 9.17) is 0 Å². The highest BCUT2D eigenvalue weighted by Gasteiger charge is 2.03. The fraction of sp³-hybridized carbons (Fsp3) is 1.00. The van der Waals surface area contributed by atoms with Gasteiger partial charge in [-0.25, -0.2) is 0 Å². The molecule has 0 bridgehead atoms. The predicted octanol–water partition coefficient (Wildman–Crippen LogP) is 3.13. The van der Waals surface area contributed by atoms with Crippen LogP contribution in [0.2, 0.25) is 0 Å². The van der Waals surface area contributed by atoms with E-state index in [0.29, 0.717) is 6.04 Å². The summed E-state index contributed by atoms with van der Waals surface area (Å²) >= 11 is 0. The maximum atomic E-state index is 3.46. The summed E-state index contributed by atoms with van der Waals surface area (Å²) in [7, 11) is 2.25. The molecule has 0 aliphatic heterocycles. The van der Waals surface area contributed by atoms with E-state index in [0.717, 1.165) is 5.92 Å². The van der Waals surface area contributed by atoms with E-state index in [9.17, 15) is 0 Å². The molecule has 0 spiro atoms. The summed E-state index contributed by atoms with van der Waals surface area (Å²) in [6, 6.07) is 0.632. The molecule has 0 radical (unpaired) electrons. The minimum atomic E-state index is 0.632. The monoisotopic (exact) mass is 228 g/mol. The molecule has 98 valence electrons. The van der Waals surface area contributed by atoms with Gasteiger partial charge < -0.3 is 10.2 Å². The molecule has 0 heterocycles. The fourth-order valence-electron chi connectivity index (χ4n) is 1.83. The van der Waals surface area contributed by atoms with Crippen LogP contribution in [0.3, 0.4) is 0 Å². The summed E-state index contributed by atoms with van der Waals surface area (Å²) in [6.45, 7) is 12.7. The summed E-state index contributed by atoms with van der Waals surface area (Å²) in [5.41, 5.74) is 0. The van der Waals surface area contributed by atoms with Gasteiger partial charge in [0.2, 0.25) is 0 Å². The highest BCUT2D eigenvalue weighted by molar-refractivity contribution is 4.58. The first kappa shape index (κ1) is 15.9. The van der Waals surface area contributed by atoms with Gasteiger partial charge in [-0.15, -0.1) is 0 Å². The highest BCUT2D eigenvalue weighted by Crippen LogP contribution is 2.04. The molecule has 16 heavy (non-hydrogen) atoms. The quantitative estimate of drug-likeness (QED) is 0.578. The molecule has 0 saturated heterocycles. The van der Waals surface area contributed by atoms with Crippen LogP contribution in [-0.4, -0.2) is 37.6 Å². The minimum absolute atomic E-state index is 0.632. The first-order chi connectivity index (χ1) is 7.56. The van der Waals surface area contributed by atoms with E-state index in [1.165, 1.54) is 45.3 Å². The number of unbranched alkanes of at least 4 members (excludes halogenated alkanes) is 2. The van der Waals surface area contributed by atoms with Crippen molar-refractivity contribution in [3.8, 4) is 0 Å². The van der Waals surface area contributed by atoms with Crippen molar-refractivity contribution in [1.82, 2.24) is 10.2 Å². The Bertz CT molecular complexity index is 146. The second-order valence-corrected chi connectivity index (χ2v) is 5.45. The molecule has 0 aliphatic carbocycles. The van der Waals surface area contributed by atoms with Crippen molar-refractivity contribution < 1.29 is 0 Å². The first-order valence-electron chi connectivity index (χ1n) is 6.98. The summed E-state index contributed by atoms with van der Waals surface area (Å²) < 4.78 is 0. The lowest BCUT2D eigenvalue weighted by atomic mass is 10.1. The van der Waals surface area contributed by atoms with Gasteiger partial charge in [0.05, 0.1) is 0 Å². The molecule has 0 fully saturated rings. The third-order valence-corrected chi connectivity index (χ3v) is 3.09. The summed E-state index contributed by atoms with van der Waals surface area (Å²) in [6.07, 6.45) is 5.30. The Morgan fingerprint density at radius 1 is 1.06 bits per heavy atom. The van der Waals surface area contributed by atoms with E-state index in [2.05, 4.69) is 45.0 Å². The van der Waals surface area contributed by atoms with E-state index >= 15 is 0 Å². The topological polar surface area (TPSA) is 15.3 Å². The molecule has 0 aromatic rings. The van der Waals surface area contributed by atoms with E-state index in [1.54, 1.807) is 0 Å². The molecular formula is C14H32N2. The van der Waals surface area contributed by atoms with Crippen LogP contribution in [0.4, 0.5) is 0 Å². The third-order valence-electron chi connectivity index (χ3n) is 3.09. The van der Waals surface area contributed by atoms with Gasteiger partial charge in [0.15, 0.2) is 0 Å². The van der Waals surface area contributed by atoms with Crippen LogP contribution in [-0.2, 0) is 0 Å². The van der Waals surface area contributed by atoms with Crippen LogP contribution in [0, 0.1) is 5.92 Å².